The van der Waals surface area contributed by atoms with Crippen LogP contribution < -0.4 is 10.6 Å². The highest BCUT2D eigenvalue weighted by Crippen LogP contribution is 2.19. The SMILES string of the molecule is CC(C)n1cnnc1-c1cccc(NC(=O)Nc2ccncc2)n1. The predicted octanol–water partition coefficient (Wildman–Crippen LogP) is 2.96. The van der Waals surface area contributed by atoms with Crippen molar-refractivity contribution >= 4 is 17.5 Å². The minimum absolute atomic E-state index is 0.211. The summed E-state index contributed by atoms with van der Waals surface area (Å²) in [6.45, 7) is 4.08. The van der Waals surface area contributed by atoms with Crippen LogP contribution in [0.4, 0.5) is 16.3 Å². The first-order valence-corrected chi connectivity index (χ1v) is 7.48. The Hall–Kier alpha value is -3.29. The number of rotatable bonds is 4. The molecule has 0 saturated carbocycles. The fourth-order valence-electron chi connectivity index (χ4n) is 2.15. The fourth-order valence-corrected chi connectivity index (χ4v) is 2.15. The van der Waals surface area contributed by atoms with Crippen molar-refractivity contribution in [2.45, 2.75) is 19.9 Å². The van der Waals surface area contributed by atoms with Crippen LogP contribution in [0.1, 0.15) is 19.9 Å². The second-order valence-corrected chi connectivity index (χ2v) is 5.38. The molecule has 0 saturated heterocycles. The normalized spacial score (nSPS) is 10.6. The summed E-state index contributed by atoms with van der Waals surface area (Å²) in [6.07, 6.45) is 4.87. The third kappa shape index (κ3) is 3.54. The maximum absolute atomic E-state index is 12.0. The molecule has 122 valence electrons. The van der Waals surface area contributed by atoms with E-state index in [9.17, 15) is 4.79 Å². The monoisotopic (exact) mass is 323 g/mol. The first kappa shape index (κ1) is 15.6. The van der Waals surface area contributed by atoms with Crippen LogP contribution in [0.5, 0.6) is 0 Å². The number of pyridine rings is 2. The van der Waals surface area contributed by atoms with Crippen molar-refractivity contribution in [3.63, 3.8) is 0 Å². The average molecular weight is 323 g/mol. The summed E-state index contributed by atoms with van der Waals surface area (Å²) in [7, 11) is 0. The number of amides is 2. The van der Waals surface area contributed by atoms with Crippen LogP contribution >= 0.6 is 0 Å². The Bertz CT molecular complexity index is 829. The standard InChI is InChI=1S/C16H17N7O/c1-11(2)23-10-18-22-15(23)13-4-3-5-14(20-13)21-16(24)19-12-6-8-17-9-7-12/h3-11H,1-2H3,(H2,17,19,20,21,24). The van der Waals surface area contributed by atoms with Crippen molar-refractivity contribution < 1.29 is 4.79 Å². The number of nitrogens with one attached hydrogen (secondary N) is 2. The lowest BCUT2D eigenvalue weighted by molar-refractivity contribution is 0.262. The molecule has 0 aromatic carbocycles. The molecular formula is C16H17N7O. The molecule has 0 spiro atoms. The highest BCUT2D eigenvalue weighted by molar-refractivity contribution is 5.99. The first-order valence-electron chi connectivity index (χ1n) is 7.48. The zero-order chi connectivity index (χ0) is 16.9. The number of urea groups is 1. The molecule has 0 radical (unpaired) electrons. The summed E-state index contributed by atoms with van der Waals surface area (Å²) in [4.78, 5) is 20.4. The van der Waals surface area contributed by atoms with Gasteiger partial charge in [-0.25, -0.2) is 9.78 Å². The quantitative estimate of drug-likeness (QED) is 0.769. The van der Waals surface area contributed by atoms with Crippen molar-refractivity contribution in [2.75, 3.05) is 10.6 Å². The number of aromatic nitrogens is 5. The number of anilines is 2. The van der Waals surface area contributed by atoms with Crippen LogP contribution in [-0.2, 0) is 0 Å². The van der Waals surface area contributed by atoms with Crippen LogP contribution in [0.15, 0.2) is 49.1 Å². The van der Waals surface area contributed by atoms with Gasteiger partial charge >= 0.3 is 6.03 Å². The molecule has 24 heavy (non-hydrogen) atoms. The molecule has 3 aromatic heterocycles. The number of carbonyl (C=O) groups is 1. The lowest BCUT2D eigenvalue weighted by Gasteiger charge is -2.11. The van der Waals surface area contributed by atoms with Gasteiger partial charge in [-0.15, -0.1) is 10.2 Å². The molecule has 3 aromatic rings. The molecule has 2 amide bonds. The molecular weight excluding hydrogens is 306 g/mol. The summed E-state index contributed by atoms with van der Waals surface area (Å²) < 4.78 is 1.92. The van der Waals surface area contributed by atoms with Gasteiger partial charge in [-0.2, -0.15) is 0 Å². The predicted molar refractivity (Wildman–Crippen MR) is 90.5 cm³/mol. The minimum Gasteiger partial charge on any atom is -0.310 e. The van der Waals surface area contributed by atoms with Gasteiger partial charge in [0.15, 0.2) is 5.82 Å². The van der Waals surface area contributed by atoms with Crippen LogP contribution in [0.25, 0.3) is 11.5 Å². The highest BCUT2D eigenvalue weighted by Gasteiger charge is 2.12. The molecule has 0 atom stereocenters. The zero-order valence-corrected chi connectivity index (χ0v) is 13.3. The maximum Gasteiger partial charge on any atom is 0.324 e. The summed E-state index contributed by atoms with van der Waals surface area (Å²) in [5.41, 5.74) is 1.29. The molecule has 0 bridgehead atoms. The van der Waals surface area contributed by atoms with Gasteiger partial charge in [0.05, 0.1) is 0 Å². The maximum atomic E-state index is 12.0. The molecule has 0 aliphatic carbocycles. The molecule has 0 aliphatic rings. The molecule has 8 nitrogen and oxygen atoms in total. The summed E-state index contributed by atoms with van der Waals surface area (Å²) >= 11 is 0. The Morgan fingerprint density at radius 2 is 1.92 bits per heavy atom. The highest BCUT2D eigenvalue weighted by atomic mass is 16.2. The van der Waals surface area contributed by atoms with E-state index in [2.05, 4.69) is 30.8 Å². The molecule has 8 heteroatoms. The van der Waals surface area contributed by atoms with Gasteiger partial charge in [-0.05, 0) is 38.1 Å². The Morgan fingerprint density at radius 3 is 2.67 bits per heavy atom. The summed E-state index contributed by atoms with van der Waals surface area (Å²) in [5.74, 6) is 1.08. The molecule has 3 heterocycles. The molecule has 3 rings (SSSR count). The third-order valence-electron chi connectivity index (χ3n) is 3.29. The van der Waals surface area contributed by atoms with Gasteiger partial charge in [-0.1, -0.05) is 6.07 Å². The molecule has 2 N–H and O–H groups in total. The fraction of sp³-hybridized carbons (Fsp3) is 0.188. The molecule has 0 fully saturated rings. The zero-order valence-electron chi connectivity index (χ0n) is 13.3. The topological polar surface area (TPSA) is 97.6 Å². The Morgan fingerprint density at radius 1 is 1.12 bits per heavy atom. The largest absolute Gasteiger partial charge is 0.324 e. The van der Waals surface area contributed by atoms with Crippen molar-refractivity contribution in [1.82, 2.24) is 24.7 Å². The Labute approximate surface area is 139 Å². The summed E-state index contributed by atoms with van der Waals surface area (Å²) in [5, 5.41) is 13.5. The van der Waals surface area contributed by atoms with Crippen LogP contribution in [-0.4, -0.2) is 30.8 Å². The smallest absolute Gasteiger partial charge is 0.310 e. The van der Waals surface area contributed by atoms with E-state index in [0.717, 1.165) is 0 Å². The third-order valence-corrected chi connectivity index (χ3v) is 3.29. The summed E-state index contributed by atoms with van der Waals surface area (Å²) in [6, 6.07) is 8.59. The van der Waals surface area contributed by atoms with Crippen LogP contribution in [0.3, 0.4) is 0 Å². The Kier molecular flexibility index (Phi) is 4.46. The van der Waals surface area contributed by atoms with Crippen LogP contribution in [0.2, 0.25) is 0 Å². The van der Waals surface area contributed by atoms with Crippen molar-refractivity contribution in [3.8, 4) is 11.5 Å². The van der Waals surface area contributed by atoms with Gasteiger partial charge in [0.2, 0.25) is 0 Å². The number of hydrogen-bond acceptors (Lipinski definition) is 5. The second kappa shape index (κ2) is 6.86. The molecule has 0 aliphatic heterocycles. The second-order valence-electron chi connectivity index (χ2n) is 5.38. The van der Waals surface area contributed by atoms with Gasteiger partial charge in [-0.3, -0.25) is 10.3 Å². The van der Waals surface area contributed by atoms with E-state index < -0.39 is 0 Å². The van der Waals surface area contributed by atoms with Gasteiger partial charge in [0.25, 0.3) is 0 Å². The minimum atomic E-state index is -0.379. The number of nitrogens with zero attached hydrogens (tertiary/aromatic N) is 5. The van der Waals surface area contributed by atoms with Gasteiger partial charge < -0.3 is 9.88 Å². The number of carbonyl (C=O) groups excluding carboxylic acids is 1. The van der Waals surface area contributed by atoms with Crippen molar-refractivity contribution in [3.05, 3.63) is 49.1 Å². The molecule has 0 unspecified atom stereocenters. The van der Waals surface area contributed by atoms with Crippen molar-refractivity contribution in [2.24, 2.45) is 0 Å². The lowest BCUT2D eigenvalue weighted by Crippen LogP contribution is -2.20. The van der Waals surface area contributed by atoms with Crippen molar-refractivity contribution in [1.29, 1.82) is 0 Å². The number of hydrogen-bond donors (Lipinski definition) is 2. The van der Waals surface area contributed by atoms with E-state index in [4.69, 9.17) is 0 Å². The van der Waals surface area contributed by atoms with E-state index in [1.807, 2.05) is 30.5 Å². The van der Waals surface area contributed by atoms with E-state index in [1.54, 1.807) is 36.9 Å². The van der Waals surface area contributed by atoms with E-state index in [1.165, 1.54) is 0 Å². The Balaban J connectivity index is 1.76. The lowest BCUT2D eigenvalue weighted by atomic mass is 10.3. The van der Waals surface area contributed by atoms with Gasteiger partial charge in [0, 0.05) is 24.1 Å². The first-order chi connectivity index (χ1) is 11.6. The van der Waals surface area contributed by atoms with E-state index in [0.29, 0.717) is 23.0 Å². The van der Waals surface area contributed by atoms with E-state index >= 15 is 0 Å². The van der Waals surface area contributed by atoms with Gasteiger partial charge in [0.1, 0.15) is 17.8 Å². The van der Waals surface area contributed by atoms with E-state index in [-0.39, 0.29) is 12.1 Å². The van der Waals surface area contributed by atoms with Crippen LogP contribution in [0, 0.1) is 0 Å². The average Bonchev–Trinajstić information content (AvgIpc) is 3.06.